The summed E-state index contributed by atoms with van der Waals surface area (Å²) in [4.78, 5) is 0. The van der Waals surface area contributed by atoms with Crippen LogP contribution < -0.4 is 4.74 Å². The minimum absolute atomic E-state index is 0.336. The van der Waals surface area contributed by atoms with Gasteiger partial charge in [0.2, 0.25) is 9.05 Å². The number of halogens is 1. The normalized spacial score (nSPS) is 12.4. The van der Waals surface area contributed by atoms with Crippen molar-refractivity contribution in [3.8, 4) is 5.75 Å². The third kappa shape index (κ3) is 2.38. The zero-order chi connectivity index (χ0) is 15.4. The molecule has 0 N–H and O–H groups in total. The lowest BCUT2D eigenvalue weighted by atomic mass is 10.1. The van der Waals surface area contributed by atoms with Gasteiger partial charge in [-0.05, 0) is 26.0 Å². The maximum absolute atomic E-state index is 11.5. The minimum atomic E-state index is -3.73. The molecule has 2 aromatic heterocycles. The van der Waals surface area contributed by atoms with Crippen molar-refractivity contribution in [3.63, 3.8) is 0 Å². The van der Waals surface area contributed by atoms with Crippen LogP contribution in [0.1, 0.15) is 17.1 Å². The van der Waals surface area contributed by atoms with E-state index in [-0.39, 0.29) is 5.75 Å². The van der Waals surface area contributed by atoms with Gasteiger partial charge >= 0.3 is 0 Å². The van der Waals surface area contributed by atoms with Crippen LogP contribution in [0.2, 0.25) is 0 Å². The van der Waals surface area contributed by atoms with E-state index < -0.39 is 9.05 Å². The molecule has 0 saturated heterocycles. The summed E-state index contributed by atoms with van der Waals surface area (Å²) in [5.74, 6) is 1.50. The van der Waals surface area contributed by atoms with E-state index in [1.54, 1.807) is 26.0 Å². The summed E-state index contributed by atoms with van der Waals surface area (Å²) in [7, 11) is 3.23. The van der Waals surface area contributed by atoms with E-state index in [1.165, 1.54) is 7.11 Å². The first-order valence-corrected chi connectivity index (χ1v) is 8.69. The third-order valence-electron chi connectivity index (χ3n) is 3.28. The van der Waals surface area contributed by atoms with Gasteiger partial charge in [0, 0.05) is 21.6 Å². The Morgan fingerprint density at radius 2 is 1.67 bits per heavy atom. The second-order valence-corrected chi connectivity index (χ2v) is 7.67. The lowest BCUT2D eigenvalue weighted by Gasteiger charge is -2.07. The Labute approximate surface area is 125 Å². The fourth-order valence-corrected chi connectivity index (χ4v) is 3.54. The van der Waals surface area contributed by atoms with Gasteiger partial charge in [0.05, 0.1) is 18.2 Å². The van der Waals surface area contributed by atoms with Crippen LogP contribution in [0.15, 0.2) is 21.0 Å². The minimum Gasteiger partial charge on any atom is -0.492 e. The number of rotatable bonds is 3. The molecule has 21 heavy (non-hydrogen) atoms. The van der Waals surface area contributed by atoms with E-state index in [0.717, 1.165) is 0 Å². The van der Waals surface area contributed by atoms with Gasteiger partial charge in [0.25, 0.3) is 0 Å². The topological polar surface area (TPSA) is 69.7 Å². The number of methoxy groups -OCH3 is 1. The van der Waals surface area contributed by atoms with Crippen LogP contribution in [0, 0.1) is 13.8 Å². The molecule has 0 spiro atoms. The molecule has 0 bridgehead atoms. The van der Waals surface area contributed by atoms with Crippen molar-refractivity contribution in [3.05, 3.63) is 29.2 Å². The van der Waals surface area contributed by atoms with Gasteiger partial charge in [-0.1, -0.05) is 0 Å². The lowest BCUT2D eigenvalue weighted by Crippen LogP contribution is -1.97. The SMILES string of the molecule is COc1c2cc(C)oc2c(CS(=O)(=O)Cl)c2cc(C)oc12. The molecule has 0 atom stereocenters. The quantitative estimate of drug-likeness (QED) is 0.682. The van der Waals surface area contributed by atoms with E-state index >= 15 is 0 Å². The van der Waals surface area contributed by atoms with Gasteiger partial charge in [-0.3, -0.25) is 0 Å². The summed E-state index contributed by atoms with van der Waals surface area (Å²) in [6.45, 7) is 3.57. The molecule has 3 rings (SSSR count). The Kier molecular flexibility index (Phi) is 3.18. The molecule has 0 amide bonds. The smallest absolute Gasteiger partial charge is 0.236 e. The summed E-state index contributed by atoms with van der Waals surface area (Å²) in [6.07, 6.45) is 0. The van der Waals surface area contributed by atoms with Crippen molar-refractivity contribution < 1.29 is 22.0 Å². The Hall–Kier alpha value is -1.66. The monoisotopic (exact) mass is 328 g/mol. The van der Waals surface area contributed by atoms with Crippen molar-refractivity contribution >= 4 is 41.7 Å². The number of aryl methyl sites for hydroxylation is 2. The molecule has 0 saturated carbocycles. The van der Waals surface area contributed by atoms with Crippen LogP contribution in [0.25, 0.3) is 21.9 Å². The summed E-state index contributed by atoms with van der Waals surface area (Å²) in [5.41, 5.74) is 1.45. The number of benzene rings is 1. The highest BCUT2D eigenvalue weighted by Crippen LogP contribution is 2.42. The van der Waals surface area contributed by atoms with Crippen molar-refractivity contribution in [1.29, 1.82) is 0 Å². The number of hydrogen-bond donors (Lipinski definition) is 0. The second-order valence-electron chi connectivity index (χ2n) is 4.89. The first-order valence-electron chi connectivity index (χ1n) is 6.21. The van der Waals surface area contributed by atoms with Crippen LogP contribution in [-0.4, -0.2) is 15.5 Å². The standard InChI is InChI=1S/C14H13ClO5S/c1-7-4-9-11(6-21(15,16)17)12-10(5-8(2)19-12)13(18-3)14(9)20-7/h4-5H,6H2,1-3H3. The van der Waals surface area contributed by atoms with Gasteiger partial charge < -0.3 is 13.6 Å². The molecule has 112 valence electrons. The van der Waals surface area contributed by atoms with Gasteiger partial charge in [-0.15, -0.1) is 0 Å². The summed E-state index contributed by atoms with van der Waals surface area (Å²) in [5, 5.41) is 1.31. The Balaban J connectivity index is 2.51. The average molecular weight is 329 g/mol. The molecule has 7 heteroatoms. The van der Waals surface area contributed by atoms with Gasteiger partial charge in [0.1, 0.15) is 17.1 Å². The van der Waals surface area contributed by atoms with Crippen molar-refractivity contribution in [2.45, 2.75) is 19.6 Å². The molecule has 5 nitrogen and oxygen atoms in total. The largest absolute Gasteiger partial charge is 0.492 e. The maximum atomic E-state index is 11.5. The first kappa shape index (κ1) is 14.3. The van der Waals surface area contributed by atoms with Gasteiger partial charge in [-0.25, -0.2) is 8.42 Å². The molecule has 0 radical (unpaired) electrons. The zero-order valence-electron chi connectivity index (χ0n) is 11.7. The molecule has 0 fully saturated rings. The van der Waals surface area contributed by atoms with E-state index in [0.29, 0.717) is 44.8 Å². The van der Waals surface area contributed by atoms with Crippen LogP contribution in [0.4, 0.5) is 0 Å². The number of fused-ring (bicyclic) bond motifs is 2. The number of furan rings is 2. The van der Waals surface area contributed by atoms with Crippen molar-refractivity contribution in [2.75, 3.05) is 7.11 Å². The second kappa shape index (κ2) is 4.68. The number of ether oxygens (including phenoxy) is 1. The molecular formula is C14H13ClO5S. The number of hydrogen-bond acceptors (Lipinski definition) is 5. The van der Waals surface area contributed by atoms with Crippen LogP contribution >= 0.6 is 10.7 Å². The van der Waals surface area contributed by atoms with E-state index in [4.69, 9.17) is 24.3 Å². The maximum Gasteiger partial charge on any atom is 0.236 e. The predicted octanol–water partition coefficient (Wildman–Crippen LogP) is 3.87. The van der Waals surface area contributed by atoms with Crippen LogP contribution in [0.5, 0.6) is 5.75 Å². The van der Waals surface area contributed by atoms with E-state index in [2.05, 4.69) is 0 Å². The molecule has 0 unspecified atom stereocenters. The van der Waals surface area contributed by atoms with Crippen LogP contribution in [-0.2, 0) is 14.8 Å². The highest BCUT2D eigenvalue weighted by atomic mass is 35.7. The average Bonchev–Trinajstić information content (AvgIpc) is 2.90. The fourth-order valence-electron chi connectivity index (χ4n) is 2.58. The third-order valence-corrected chi connectivity index (χ3v) is 4.24. The fraction of sp³-hybridized carbons (Fsp3) is 0.286. The summed E-state index contributed by atoms with van der Waals surface area (Å²) >= 11 is 0. The van der Waals surface area contributed by atoms with E-state index in [9.17, 15) is 8.42 Å². The van der Waals surface area contributed by atoms with Crippen molar-refractivity contribution in [2.24, 2.45) is 0 Å². The highest BCUT2D eigenvalue weighted by molar-refractivity contribution is 8.13. The first-order chi connectivity index (χ1) is 9.80. The molecule has 1 aromatic carbocycles. The summed E-state index contributed by atoms with van der Waals surface area (Å²) in [6, 6.07) is 3.54. The highest BCUT2D eigenvalue weighted by Gasteiger charge is 2.24. The van der Waals surface area contributed by atoms with Crippen LogP contribution in [0.3, 0.4) is 0 Å². The molecule has 2 heterocycles. The lowest BCUT2D eigenvalue weighted by molar-refractivity contribution is 0.413. The Morgan fingerprint density at radius 3 is 2.24 bits per heavy atom. The van der Waals surface area contributed by atoms with Gasteiger partial charge in [-0.2, -0.15) is 0 Å². The Morgan fingerprint density at radius 1 is 1.10 bits per heavy atom. The van der Waals surface area contributed by atoms with E-state index in [1.807, 2.05) is 0 Å². The Bertz CT molecular complexity index is 891. The van der Waals surface area contributed by atoms with Gasteiger partial charge in [0.15, 0.2) is 11.3 Å². The molecule has 3 aromatic rings. The zero-order valence-corrected chi connectivity index (χ0v) is 13.3. The van der Waals surface area contributed by atoms with Crippen molar-refractivity contribution in [1.82, 2.24) is 0 Å². The molecule has 0 aliphatic heterocycles. The predicted molar refractivity (Wildman–Crippen MR) is 80.5 cm³/mol. The summed E-state index contributed by atoms with van der Waals surface area (Å²) < 4.78 is 39.8. The molecule has 0 aliphatic carbocycles. The molecule has 0 aliphatic rings. The molecular weight excluding hydrogens is 316 g/mol.